The normalized spacial score (nSPS) is 15.3. The number of benzene rings is 1. The van der Waals surface area contributed by atoms with Gasteiger partial charge in [-0.15, -0.1) is 22.7 Å². The van der Waals surface area contributed by atoms with Crippen molar-refractivity contribution >= 4 is 44.3 Å². The fraction of sp³-hybridized carbons (Fsp3) is 0.364. The van der Waals surface area contributed by atoms with Gasteiger partial charge in [0.05, 0.1) is 21.2 Å². The fourth-order valence-corrected chi connectivity index (χ4v) is 6.37. The van der Waals surface area contributed by atoms with Crippen LogP contribution >= 0.6 is 22.7 Å². The molecule has 1 amide bonds. The fourth-order valence-electron chi connectivity index (χ4n) is 3.65. The number of hydrogen-bond donors (Lipinski definition) is 0. The average molecular weight is 491 g/mol. The highest BCUT2D eigenvalue weighted by molar-refractivity contribution is 7.89. The van der Waals surface area contributed by atoms with Crippen LogP contribution in [0.3, 0.4) is 0 Å². The monoisotopic (exact) mass is 490 g/mol. The number of thiophene rings is 1. The van der Waals surface area contributed by atoms with Gasteiger partial charge in [0.15, 0.2) is 4.80 Å². The van der Waals surface area contributed by atoms with Gasteiger partial charge in [-0.25, -0.2) is 17.7 Å². The van der Waals surface area contributed by atoms with Crippen LogP contribution in [-0.2, 0) is 21.4 Å². The third-order valence-electron chi connectivity index (χ3n) is 5.37. The number of carbonyl (C=O) groups excluding carboxylic acids is 1. The number of likely N-dealkylation sites (tertiary alicyclic amines) is 1. The number of amides is 1. The Morgan fingerprint density at radius 1 is 1.12 bits per heavy atom. The van der Waals surface area contributed by atoms with Crippen molar-refractivity contribution in [1.82, 2.24) is 13.8 Å². The molecule has 3 heterocycles. The van der Waals surface area contributed by atoms with Crippen molar-refractivity contribution in [2.24, 2.45) is 4.99 Å². The van der Waals surface area contributed by atoms with Crippen LogP contribution in [0.25, 0.3) is 10.6 Å². The van der Waals surface area contributed by atoms with E-state index in [4.69, 9.17) is 4.99 Å². The molecule has 0 spiro atoms. The van der Waals surface area contributed by atoms with Crippen molar-refractivity contribution in [3.8, 4) is 10.6 Å². The van der Waals surface area contributed by atoms with Gasteiger partial charge in [0.25, 0.3) is 0 Å². The second-order valence-corrected chi connectivity index (χ2v) is 11.7. The largest absolute Gasteiger partial charge is 0.343 e. The lowest BCUT2D eigenvalue weighted by atomic mass is 10.3. The zero-order valence-electron chi connectivity index (χ0n) is 18.1. The lowest BCUT2D eigenvalue weighted by molar-refractivity contribution is -0.127. The topological polar surface area (TPSA) is 75.0 Å². The number of sulfonamides is 1. The number of rotatable bonds is 8. The molecule has 7 nitrogen and oxygen atoms in total. The summed E-state index contributed by atoms with van der Waals surface area (Å²) in [4.78, 5) is 20.9. The molecule has 4 rings (SSSR count). The Kier molecular flexibility index (Phi) is 6.94. The number of carbonyl (C=O) groups is 1. The average Bonchev–Trinajstić information content (AvgIpc) is 3.51. The molecule has 1 aliphatic rings. The molecule has 1 saturated heterocycles. The molecule has 3 aromatic rings. The van der Waals surface area contributed by atoms with Crippen molar-refractivity contribution < 1.29 is 13.2 Å². The molecule has 0 aliphatic carbocycles. The Hall–Kier alpha value is -2.27. The lowest BCUT2D eigenvalue weighted by Gasteiger charge is -2.16. The van der Waals surface area contributed by atoms with Crippen LogP contribution in [-0.4, -0.2) is 55.3 Å². The van der Waals surface area contributed by atoms with E-state index in [0.29, 0.717) is 12.1 Å². The van der Waals surface area contributed by atoms with Gasteiger partial charge in [0, 0.05) is 45.5 Å². The van der Waals surface area contributed by atoms with Crippen LogP contribution in [0.1, 0.15) is 19.3 Å². The summed E-state index contributed by atoms with van der Waals surface area (Å²) in [5.74, 6) is 0.239. The Morgan fingerprint density at radius 3 is 2.66 bits per heavy atom. The maximum atomic E-state index is 12.5. The Bertz CT molecular complexity index is 1260. The van der Waals surface area contributed by atoms with Crippen LogP contribution in [0, 0.1) is 0 Å². The highest BCUT2D eigenvalue weighted by Gasteiger charge is 2.20. The first-order valence-electron chi connectivity index (χ1n) is 10.4. The van der Waals surface area contributed by atoms with Crippen LogP contribution in [0.5, 0.6) is 0 Å². The van der Waals surface area contributed by atoms with Gasteiger partial charge in [-0.05, 0) is 42.5 Å². The molecule has 1 fully saturated rings. The summed E-state index contributed by atoms with van der Waals surface area (Å²) in [5, 5.41) is 4.14. The van der Waals surface area contributed by atoms with E-state index in [1.54, 1.807) is 29.5 Å². The first kappa shape index (κ1) is 22.9. The third-order valence-corrected chi connectivity index (χ3v) is 8.94. The van der Waals surface area contributed by atoms with Crippen LogP contribution in [0.2, 0.25) is 0 Å². The van der Waals surface area contributed by atoms with Crippen molar-refractivity contribution in [2.45, 2.75) is 30.7 Å². The van der Waals surface area contributed by atoms with E-state index in [9.17, 15) is 13.2 Å². The highest BCUT2D eigenvalue weighted by Crippen LogP contribution is 2.26. The predicted octanol–water partition coefficient (Wildman–Crippen LogP) is 3.77. The van der Waals surface area contributed by atoms with Crippen molar-refractivity contribution in [3.05, 3.63) is 52.0 Å². The first-order valence-corrected chi connectivity index (χ1v) is 13.6. The van der Waals surface area contributed by atoms with Gasteiger partial charge >= 0.3 is 0 Å². The van der Waals surface area contributed by atoms with Gasteiger partial charge in [-0.3, -0.25) is 4.79 Å². The lowest BCUT2D eigenvalue weighted by Crippen LogP contribution is -2.27. The molecule has 2 aromatic heterocycles. The van der Waals surface area contributed by atoms with Crippen LogP contribution in [0.15, 0.2) is 57.0 Å². The smallest absolute Gasteiger partial charge is 0.242 e. The van der Waals surface area contributed by atoms with Gasteiger partial charge < -0.3 is 9.47 Å². The summed E-state index contributed by atoms with van der Waals surface area (Å²) >= 11 is 3.21. The third kappa shape index (κ3) is 4.88. The molecule has 0 N–H and O–H groups in total. The molecule has 0 atom stereocenters. The Balaban J connectivity index is 1.66. The maximum Gasteiger partial charge on any atom is 0.242 e. The molecule has 1 aromatic carbocycles. The molecule has 0 radical (unpaired) electrons. The van der Waals surface area contributed by atoms with Gasteiger partial charge in [-0.2, -0.15) is 0 Å². The molecule has 0 saturated carbocycles. The quantitative estimate of drug-likeness (QED) is 0.482. The Morgan fingerprint density at radius 2 is 1.97 bits per heavy atom. The number of aromatic nitrogens is 1. The van der Waals surface area contributed by atoms with E-state index in [0.717, 1.165) is 47.8 Å². The highest BCUT2D eigenvalue weighted by atomic mass is 32.2. The minimum atomic E-state index is -3.53. The van der Waals surface area contributed by atoms with E-state index in [2.05, 4.69) is 16.0 Å². The molecule has 32 heavy (non-hydrogen) atoms. The van der Waals surface area contributed by atoms with Crippen LogP contribution < -0.4 is 4.80 Å². The molecule has 170 valence electrons. The minimum Gasteiger partial charge on any atom is -0.343 e. The summed E-state index contributed by atoms with van der Waals surface area (Å²) in [5.41, 5.74) is 1.68. The zero-order chi connectivity index (χ0) is 22.7. The molecule has 1 aliphatic heterocycles. The molecular weight excluding hydrogens is 464 g/mol. The van der Waals surface area contributed by atoms with Crippen molar-refractivity contribution in [3.63, 3.8) is 0 Å². The molecule has 10 heteroatoms. The first-order chi connectivity index (χ1) is 15.4. The molecule has 0 unspecified atom stereocenters. The van der Waals surface area contributed by atoms with Gasteiger partial charge in [0.1, 0.15) is 0 Å². The van der Waals surface area contributed by atoms with E-state index < -0.39 is 10.0 Å². The number of hydrogen-bond acceptors (Lipinski definition) is 6. The second kappa shape index (κ2) is 9.70. The SMILES string of the molecule is CN(C)S(=O)(=O)c1cccc(N=c2scc(-c3cccs3)n2CCCN2CCCC2=O)c1. The number of thiazole rings is 1. The molecule has 0 bridgehead atoms. The van der Waals surface area contributed by atoms with E-state index in [1.165, 1.54) is 29.7 Å². The van der Waals surface area contributed by atoms with E-state index in [1.807, 2.05) is 22.4 Å². The van der Waals surface area contributed by atoms with Gasteiger partial charge in [0.2, 0.25) is 15.9 Å². The van der Waals surface area contributed by atoms with E-state index >= 15 is 0 Å². The van der Waals surface area contributed by atoms with Crippen molar-refractivity contribution in [1.29, 1.82) is 0 Å². The maximum absolute atomic E-state index is 12.5. The summed E-state index contributed by atoms with van der Waals surface area (Å²) in [6.07, 6.45) is 2.43. The zero-order valence-corrected chi connectivity index (χ0v) is 20.5. The summed E-state index contributed by atoms with van der Waals surface area (Å²) in [6.45, 7) is 2.31. The van der Waals surface area contributed by atoms with E-state index in [-0.39, 0.29) is 10.8 Å². The Labute approximate surface area is 196 Å². The molecular formula is C22H26N4O3S3. The predicted molar refractivity (Wildman–Crippen MR) is 129 cm³/mol. The summed E-state index contributed by atoms with van der Waals surface area (Å²) in [7, 11) is -0.489. The van der Waals surface area contributed by atoms with Crippen LogP contribution in [0.4, 0.5) is 5.69 Å². The second-order valence-electron chi connectivity index (χ2n) is 7.77. The summed E-state index contributed by atoms with van der Waals surface area (Å²) in [6, 6.07) is 10.8. The van der Waals surface area contributed by atoms with Gasteiger partial charge in [-0.1, -0.05) is 12.1 Å². The van der Waals surface area contributed by atoms with Crippen molar-refractivity contribution in [2.75, 3.05) is 27.2 Å². The summed E-state index contributed by atoms with van der Waals surface area (Å²) < 4.78 is 28.4. The number of nitrogens with zero attached hydrogens (tertiary/aromatic N) is 4. The minimum absolute atomic E-state index is 0.220. The standard InChI is InChI=1S/C22H26N4O3S3/c1-24(2)32(28,29)18-8-3-7-17(15-18)23-22-26(13-6-12-25-11-4-10-21(25)27)19(16-31-22)20-9-5-14-30-20/h3,5,7-9,14-16H,4,6,10-13H2,1-2H3.